The Morgan fingerprint density at radius 3 is 2.06 bits per heavy atom. The van der Waals surface area contributed by atoms with Crippen molar-refractivity contribution in [2.75, 3.05) is 0 Å². The number of hydrogen-bond donors (Lipinski definition) is 0. The Kier molecular flexibility index (Phi) is 4.27. The van der Waals surface area contributed by atoms with Crippen LogP contribution in [0, 0.1) is 0 Å². The summed E-state index contributed by atoms with van der Waals surface area (Å²) in [5, 5.41) is 7.88. The molecular weight excluding hydrogens is 436 g/mol. The van der Waals surface area contributed by atoms with Crippen LogP contribution in [0.25, 0.3) is 65.7 Å². The first-order valence-corrected chi connectivity index (χ1v) is 11.8. The van der Waals surface area contributed by atoms with E-state index in [0.29, 0.717) is 0 Å². The van der Waals surface area contributed by atoms with Gasteiger partial charge in [-0.05, 0) is 68.6 Å². The molecule has 0 unspecified atom stereocenters. The summed E-state index contributed by atoms with van der Waals surface area (Å²) in [7, 11) is 0. The standard InChI is InChI=1S/C32H19ClO/c33-29-14-7-13-23(21-16-17-27-26-12-5-6-15-30(26)34-31(27)19-21)32(29)28-18-20-8-1-2-9-22(20)24-10-3-4-11-25(24)28/h1-19H. The van der Waals surface area contributed by atoms with Gasteiger partial charge in [-0.25, -0.2) is 0 Å². The molecule has 7 rings (SSSR count). The zero-order chi connectivity index (χ0) is 22.6. The first kappa shape index (κ1) is 19.4. The molecule has 6 aromatic carbocycles. The van der Waals surface area contributed by atoms with Gasteiger partial charge in [-0.2, -0.15) is 0 Å². The number of fused-ring (bicyclic) bond motifs is 6. The Balaban J connectivity index is 1.54. The van der Waals surface area contributed by atoms with Gasteiger partial charge in [0, 0.05) is 21.4 Å². The van der Waals surface area contributed by atoms with Gasteiger partial charge < -0.3 is 4.42 Å². The highest BCUT2D eigenvalue weighted by atomic mass is 35.5. The van der Waals surface area contributed by atoms with Gasteiger partial charge in [-0.3, -0.25) is 0 Å². The van der Waals surface area contributed by atoms with E-state index >= 15 is 0 Å². The van der Waals surface area contributed by atoms with Crippen molar-refractivity contribution in [3.8, 4) is 22.3 Å². The second-order valence-corrected chi connectivity index (χ2v) is 9.07. The number of rotatable bonds is 2. The maximum atomic E-state index is 6.92. The molecule has 0 bridgehead atoms. The fraction of sp³-hybridized carbons (Fsp3) is 0. The smallest absolute Gasteiger partial charge is 0.136 e. The Morgan fingerprint density at radius 1 is 0.471 bits per heavy atom. The van der Waals surface area contributed by atoms with Gasteiger partial charge in [-0.1, -0.05) is 96.5 Å². The van der Waals surface area contributed by atoms with E-state index in [2.05, 4.69) is 84.9 Å². The van der Waals surface area contributed by atoms with Gasteiger partial charge in [-0.15, -0.1) is 0 Å². The predicted octanol–water partition coefficient (Wildman–Crippen LogP) is 9.88. The Labute approximate surface area is 201 Å². The Bertz CT molecular complexity index is 1880. The molecule has 0 saturated heterocycles. The molecule has 2 heteroatoms. The van der Waals surface area contributed by atoms with Gasteiger partial charge in [0.15, 0.2) is 0 Å². The maximum Gasteiger partial charge on any atom is 0.136 e. The number of para-hydroxylation sites is 1. The number of halogens is 1. The van der Waals surface area contributed by atoms with Crippen LogP contribution >= 0.6 is 11.6 Å². The summed E-state index contributed by atoms with van der Waals surface area (Å²) >= 11 is 6.92. The van der Waals surface area contributed by atoms with Gasteiger partial charge in [0.25, 0.3) is 0 Å². The van der Waals surface area contributed by atoms with Crippen LogP contribution in [0.1, 0.15) is 0 Å². The van der Waals surface area contributed by atoms with Crippen LogP contribution in [0.4, 0.5) is 0 Å². The summed E-state index contributed by atoms with van der Waals surface area (Å²) in [6.45, 7) is 0. The minimum Gasteiger partial charge on any atom is -0.456 e. The van der Waals surface area contributed by atoms with Gasteiger partial charge in [0.2, 0.25) is 0 Å². The molecule has 0 amide bonds. The van der Waals surface area contributed by atoms with E-state index in [1.165, 1.54) is 21.5 Å². The molecular formula is C32H19ClO. The lowest BCUT2D eigenvalue weighted by Gasteiger charge is -2.16. The van der Waals surface area contributed by atoms with E-state index in [1.807, 2.05) is 30.3 Å². The van der Waals surface area contributed by atoms with Crippen LogP contribution in [-0.2, 0) is 0 Å². The zero-order valence-electron chi connectivity index (χ0n) is 18.3. The molecule has 7 aromatic rings. The highest BCUT2D eigenvalue weighted by molar-refractivity contribution is 6.35. The van der Waals surface area contributed by atoms with Crippen LogP contribution in [0.5, 0.6) is 0 Å². The third-order valence-corrected chi connectivity index (χ3v) is 7.06. The molecule has 0 saturated carbocycles. The number of hydrogen-bond acceptors (Lipinski definition) is 1. The van der Waals surface area contributed by atoms with Crippen molar-refractivity contribution in [1.82, 2.24) is 0 Å². The van der Waals surface area contributed by atoms with Crippen molar-refractivity contribution < 1.29 is 4.42 Å². The summed E-state index contributed by atoms with van der Waals surface area (Å²) < 4.78 is 6.19. The van der Waals surface area contributed by atoms with Crippen molar-refractivity contribution in [3.63, 3.8) is 0 Å². The minimum atomic E-state index is 0.739. The van der Waals surface area contributed by atoms with E-state index in [0.717, 1.165) is 49.2 Å². The molecule has 0 aliphatic carbocycles. The second kappa shape index (κ2) is 7.48. The maximum absolute atomic E-state index is 6.92. The topological polar surface area (TPSA) is 13.1 Å². The summed E-state index contributed by atoms with van der Waals surface area (Å²) in [5.74, 6) is 0. The molecule has 160 valence electrons. The van der Waals surface area contributed by atoms with Gasteiger partial charge in [0.05, 0.1) is 0 Å². The molecule has 1 heterocycles. The fourth-order valence-corrected chi connectivity index (χ4v) is 5.47. The normalized spacial score (nSPS) is 11.7. The van der Waals surface area contributed by atoms with Crippen LogP contribution in [-0.4, -0.2) is 0 Å². The quantitative estimate of drug-likeness (QED) is 0.237. The molecule has 0 fully saturated rings. The van der Waals surface area contributed by atoms with Gasteiger partial charge in [0.1, 0.15) is 11.2 Å². The van der Waals surface area contributed by atoms with Gasteiger partial charge >= 0.3 is 0 Å². The number of furan rings is 1. The van der Waals surface area contributed by atoms with E-state index in [1.54, 1.807) is 0 Å². The van der Waals surface area contributed by atoms with E-state index in [9.17, 15) is 0 Å². The molecule has 0 atom stereocenters. The highest BCUT2D eigenvalue weighted by Gasteiger charge is 2.17. The van der Waals surface area contributed by atoms with E-state index in [-0.39, 0.29) is 0 Å². The first-order valence-electron chi connectivity index (χ1n) is 11.4. The van der Waals surface area contributed by atoms with Crippen molar-refractivity contribution in [3.05, 3.63) is 120 Å². The van der Waals surface area contributed by atoms with Crippen molar-refractivity contribution in [2.24, 2.45) is 0 Å². The van der Waals surface area contributed by atoms with Crippen molar-refractivity contribution in [2.45, 2.75) is 0 Å². The lowest BCUT2D eigenvalue weighted by atomic mass is 9.89. The SMILES string of the molecule is Clc1cccc(-c2ccc3c(c2)oc2ccccc23)c1-c1cc2ccccc2c2ccccc12. The fourth-order valence-electron chi connectivity index (χ4n) is 5.19. The van der Waals surface area contributed by atoms with Crippen LogP contribution < -0.4 is 0 Å². The zero-order valence-corrected chi connectivity index (χ0v) is 19.0. The van der Waals surface area contributed by atoms with E-state index < -0.39 is 0 Å². The van der Waals surface area contributed by atoms with Crippen molar-refractivity contribution >= 4 is 55.1 Å². The predicted molar refractivity (Wildman–Crippen MR) is 145 cm³/mol. The van der Waals surface area contributed by atoms with E-state index in [4.69, 9.17) is 16.0 Å². The lowest BCUT2D eigenvalue weighted by Crippen LogP contribution is -1.90. The summed E-state index contributed by atoms with van der Waals surface area (Å²) in [5.41, 5.74) is 6.15. The average Bonchev–Trinajstić information content (AvgIpc) is 3.26. The molecule has 0 aliphatic rings. The first-order chi connectivity index (χ1) is 16.8. The molecule has 0 radical (unpaired) electrons. The van der Waals surface area contributed by atoms with Crippen LogP contribution in [0.15, 0.2) is 120 Å². The molecule has 1 nitrogen and oxygen atoms in total. The highest BCUT2D eigenvalue weighted by Crippen LogP contribution is 2.44. The average molecular weight is 455 g/mol. The van der Waals surface area contributed by atoms with Crippen LogP contribution in [0.3, 0.4) is 0 Å². The monoisotopic (exact) mass is 454 g/mol. The Hall–Kier alpha value is -4.07. The van der Waals surface area contributed by atoms with Crippen molar-refractivity contribution in [1.29, 1.82) is 0 Å². The molecule has 1 aromatic heterocycles. The summed E-state index contributed by atoms with van der Waals surface area (Å²) in [6, 6.07) is 40.1. The third-order valence-electron chi connectivity index (χ3n) is 6.74. The second-order valence-electron chi connectivity index (χ2n) is 8.66. The molecule has 0 N–H and O–H groups in total. The molecule has 0 spiro atoms. The molecule has 34 heavy (non-hydrogen) atoms. The third kappa shape index (κ3) is 2.88. The lowest BCUT2D eigenvalue weighted by molar-refractivity contribution is 0.669. The minimum absolute atomic E-state index is 0.739. The Morgan fingerprint density at radius 2 is 1.18 bits per heavy atom. The number of benzene rings is 6. The summed E-state index contributed by atoms with van der Waals surface area (Å²) in [6.07, 6.45) is 0. The molecule has 0 aliphatic heterocycles. The summed E-state index contributed by atoms with van der Waals surface area (Å²) in [4.78, 5) is 0. The van der Waals surface area contributed by atoms with Crippen LogP contribution in [0.2, 0.25) is 5.02 Å². The largest absolute Gasteiger partial charge is 0.456 e.